The second-order valence-electron chi connectivity index (χ2n) is 8.63. The number of thiazole rings is 1. The van der Waals surface area contributed by atoms with Gasteiger partial charge in [0.25, 0.3) is 5.91 Å². The van der Waals surface area contributed by atoms with Crippen molar-refractivity contribution in [2.75, 3.05) is 32.6 Å². The van der Waals surface area contributed by atoms with Crippen LogP contribution in [0.3, 0.4) is 0 Å². The molecule has 188 valence electrons. The standard InChI is InChI=1S/C27H30N4O4S/c1-28-24(32)10-11-25(33)31-14-12-19(13-15-31)27-30-23(17-36-27)26(34)29-22-16-20(35-2)8-9-21(22)18-6-4-3-5-7-18/h3-9,16-17,19H,10-15H2,1-2H3,(H,28,32)(H,29,34). The molecule has 36 heavy (non-hydrogen) atoms. The summed E-state index contributed by atoms with van der Waals surface area (Å²) in [5.74, 6) is 0.460. The Hall–Kier alpha value is -3.72. The van der Waals surface area contributed by atoms with Gasteiger partial charge in [-0.05, 0) is 30.5 Å². The van der Waals surface area contributed by atoms with E-state index in [1.165, 1.54) is 11.3 Å². The van der Waals surface area contributed by atoms with Crippen LogP contribution in [0.25, 0.3) is 11.1 Å². The highest BCUT2D eigenvalue weighted by atomic mass is 32.1. The van der Waals surface area contributed by atoms with E-state index in [9.17, 15) is 14.4 Å². The fourth-order valence-corrected chi connectivity index (χ4v) is 5.24. The molecule has 0 aliphatic carbocycles. The van der Waals surface area contributed by atoms with E-state index in [0.29, 0.717) is 30.2 Å². The third kappa shape index (κ3) is 6.09. The highest BCUT2D eigenvalue weighted by Crippen LogP contribution is 2.33. The van der Waals surface area contributed by atoms with Gasteiger partial charge in [0.05, 0.1) is 17.8 Å². The molecule has 1 aromatic heterocycles. The minimum Gasteiger partial charge on any atom is -0.497 e. The van der Waals surface area contributed by atoms with Crippen molar-refractivity contribution in [3.8, 4) is 16.9 Å². The van der Waals surface area contributed by atoms with Gasteiger partial charge in [0, 0.05) is 55.9 Å². The Morgan fingerprint density at radius 1 is 1.08 bits per heavy atom. The van der Waals surface area contributed by atoms with E-state index in [1.807, 2.05) is 53.4 Å². The number of amides is 3. The summed E-state index contributed by atoms with van der Waals surface area (Å²) in [5, 5.41) is 8.24. The van der Waals surface area contributed by atoms with Gasteiger partial charge in [0.1, 0.15) is 11.4 Å². The number of hydrogen-bond donors (Lipinski definition) is 2. The van der Waals surface area contributed by atoms with Gasteiger partial charge < -0.3 is 20.3 Å². The minimum atomic E-state index is -0.273. The first-order chi connectivity index (χ1) is 17.5. The topological polar surface area (TPSA) is 101 Å². The number of piperidine rings is 1. The summed E-state index contributed by atoms with van der Waals surface area (Å²) in [6.07, 6.45) is 2.00. The van der Waals surface area contributed by atoms with E-state index in [2.05, 4.69) is 15.6 Å². The molecule has 1 fully saturated rings. The van der Waals surface area contributed by atoms with E-state index >= 15 is 0 Å². The van der Waals surface area contributed by atoms with Crippen molar-refractivity contribution in [2.45, 2.75) is 31.6 Å². The first-order valence-corrected chi connectivity index (χ1v) is 12.8. The maximum Gasteiger partial charge on any atom is 0.275 e. The molecule has 2 aromatic carbocycles. The first-order valence-electron chi connectivity index (χ1n) is 12.0. The number of anilines is 1. The van der Waals surface area contributed by atoms with Crippen molar-refractivity contribution in [3.63, 3.8) is 0 Å². The zero-order valence-electron chi connectivity index (χ0n) is 20.5. The summed E-state index contributed by atoms with van der Waals surface area (Å²) in [7, 11) is 3.16. The van der Waals surface area contributed by atoms with E-state index in [4.69, 9.17) is 4.74 Å². The molecule has 9 heteroatoms. The molecule has 1 aliphatic heterocycles. The Labute approximate surface area is 214 Å². The van der Waals surface area contributed by atoms with Crippen LogP contribution in [-0.2, 0) is 9.59 Å². The number of likely N-dealkylation sites (tertiary alicyclic amines) is 1. The largest absolute Gasteiger partial charge is 0.497 e. The Kier molecular flexibility index (Phi) is 8.32. The molecular weight excluding hydrogens is 476 g/mol. The molecule has 1 saturated heterocycles. The van der Waals surface area contributed by atoms with Crippen molar-refractivity contribution in [1.82, 2.24) is 15.2 Å². The van der Waals surface area contributed by atoms with Crippen LogP contribution in [0.1, 0.15) is 47.1 Å². The van der Waals surface area contributed by atoms with Crippen LogP contribution in [0.4, 0.5) is 5.69 Å². The molecule has 0 radical (unpaired) electrons. The SMILES string of the molecule is CNC(=O)CCC(=O)N1CCC(c2nc(C(=O)Nc3cc(OC)ccc3-c3ccccc3)cs2)CC1. The lowest BCUT2D eigenvalue weighted by atomic mass is 9.97. The lowest BCUT2D eigenvalue weighted by Gasteiger charge is -2.31. The van der Waals surface area contributed by atoms with Crippen molar-refractivity contribution < 1.29 is 19.1 Å². The van der Waals surface area contributed by atoms with Gasteiger partial charge in [-0.1, -0.05) is 30.3 Å². The van der Waals surface area contributed by atoms with Crippen LogP contribution in [0.2, 0.25) is 0 Å². The summed E-state index contributed by atoms with van der Waals surface area (Å²) >= 11 is 1.48. The molecule has 0 bridgehead atoms. The number of methoxy groups -OCH3 is 1. The highest BCUT2D eigenvalue weighted by Gasteiger charge is 2.26. The molecule has 2 heterocycles. The number of carbonyl (C=O) groups is 3. The number of benzene rings is 2. The van der Waals surface area contributed by atoms with E-state index in [1.54, 1.807) is 19.5 Å². The van der Waals surface area contributed by atoms with Gasteiger partial charge in [-0.15, -0.1) is 11.3 Å². The molecule has 3 amide bonds. The number of carbonyl (C=O) groups excluding carboxylic acids is 3. The number of rotatable bonds is 8. The third-order valence-electron chi connectivity index (χ3n) is 6.36. The number of nitrogens with zero attached hydrogens (tertiary/aromatic N) is 2. The number of ether oxygens (including phenoxy) is 1. The fraction of sp³-hybridized carbons (Fsp3) is 0.333. The van der Waals surface area contributed by atoms with Gasteiger partial charge >= 0.3 is 0 Å². The molecule has 0 spiro atoms. The smallest absolute Gasteiger partial charge is 0.275 e. The fourth-order valence-electron chi connectivity index (χ4n) is 4.27. The number of nitrogens with one attached hydrogen (secondary N) is 2. The van der Waals surface area contributed by atoms with Crippen molar-refractivity contribution in [2.24, 2.45) is 0 Å². The summed E-state index contributed by atoms with van der Waals surface area (Å²) in [6.45, 7) is 1.26. The van der Waals surface area contributed by atoms with Crippen molar-refractivity contribution in [1.29, 1.82) is 0 Å². The predicted molar refractivity (Wildman–Crippen MR) is 140 cm³/mol. The molecule has 4 rings (SSSR count). The summed E-state index contributed by atoms with van der Waals surface area (Å²) in [4.78, 5) is 43.3. The van der Waals surface area contributed by atoms with Crippen LogP contribution in [0, 0.1) is 0 Å². The molecular formula is C27H30N4O4S. The molecule has 0 atom stereocenters. The van der Waals surface area contributed by atoms with Crippen molar-refractivity contribution >= 4 is 34.7 Å². The normalized spacial score (nSPS) is 13.8. The first kappa shape index (κ1) is 25.4. The highest BCUT2D eigenvalue weighted by molar-refractivity contribution is 7.10. The average Bonchev–Trinajstić information content (AvgIpc) is 3.42. The van der Waals surface area contributed by atoms with Gasteiger partial charge in [-0.25, -0.2) is 4.98 Å². The van der Waals surface area contributed by atoms with Gasteiger partial charge in [0.15, 0.2) is 0 Å². The third-order valence-corrected chi connectivity index (χ3v) is 7.36. The summed E-state index contributed by atoms with van der Waals surface area (Å²) in [5.41, 5.74) is 2.92. The predicted octanol–water partition coefficient (Wildman–Crippen LogP) is 4.30. The molecule has 0 unspecified atom stereocenters. The van der Waals surface area contributed by atoms with Gasteiger partial charge in [-0.3, -0.25) is 14.4 Å². The zero-order valence-corrected chi connectivity index (χ0v) is 21.3. The zero-order chi connectivity index (χ0) is 25.5. The Morgan fingerprint density at radius 2 is 1.83 bits per heavy atom. The molecule has 3 aromatic rings. The number of aromatic nitrogens is 1. The van der Waals surface area contributed by atoms with Crippen molar-refractivity contribution in [3.05, 3.63) is 64.6 Å². The van der Waals surface area contributed by atoms with Crippen LogP contribution in [0.15, 0.2) is 53.9 Å². The lowest BCUT2D eigenvalue weighted by molar-refractivity contribution is -0.134. The minimum absolute atomic E-state index is 0.00349. The van der Waals surface area contributed by atoms with Crippen LogP contribution in [0.5, 0.6) is 5.75 Å². The quantitative estimate of drug-likeness (QED) is 0.474. The van der Waals surface area contributed by atoms with E-state index in [0.717, 1.165) is 29.0 Å². The Morgan fingerprint density at radius 3 is 2.53 bits per heavy atom. The van der Waals surface area contributed by atoms with Gasteiger partial charge in [-0.2, -0.15) is 0 Å². The average molecular weight is 507 g/mol. The van der Waals surface area contributed by atoms with Crippen LogP contribution < -0.4 is 15.4 Å². The van der Waals surface area contributed by atoms with Crippen LogP contribution >= 0.6 is 11.3 Å². The maximum atomic E-state index is 13.1. The molecule has 0 saturated carbocycles. The molecule has 8 nitrogen and oxygen atoms in total. The number of hydrogen-bond acceptors (Lipinski definition) is 6. The molecule has 2 N–H and O–H groups in total. The van der Waals surface area contributed by atoms with Crippen LogP contribution in [-0.4, -0.2) is 54.9 Å². The second kappa shape index (κ2) is 11.8. The van der Waals surface area contributed by atoms with E-state index in [-0.39, 0.29) is 36.5 Å². The maximum absolute atomic E-state index is 13.1. The van der Waals surface area contributed by atoms with Gasteiger partial charge in [0.2, 0.25) is 11.8 Å². The summed E-state index contributed by atoms with van der Waals surface area (Å²) in [6, 6.07) is 15.5. The monoisotopic (exact) mass is 506 g/mol. The Bertz CT molecular complexity index is 1220. The summed E-state index contributed by atoms with van der Waals surface area (Å²) < 4.78 is 5.36. The molecule has 1 aliphatic rings. The second-order valence-corrected chi connectivity index (χ2v) is 9.52. The van der Waals surface area contributed by atoms with E-state index < -0.39 is 0 Å². The lowest BCUT2D eigenvalue weighted by Crippen LogP contribution is -2.38. The Balaban J connectivity index is 1.39.